The molecule has 3 N–H and O–H groups in total. The number of nitrogens with two attached hydrogens (primary N) is 1. The second kappa shape index (κ2) is 4.22. The molecule has 1 unspecified atom stereocenters. The highest BCUT2D eigenvalue weighted by Crippen LogP contribution is 2.31. The number of halogens is 1. The summed E-state index contributed by atoms with van der Waals surface area (Å²) in [7, 11) is 0. The number of hydrogen-bond donors (Lipinski definition) is 2. The number of amides is 1. The first-order valence-corrected chi connectivity index (χ1v) is 5.48. The standard InChI is InChI=1S/C11H13ClN2O2/c12-9-2-1-8(5-10(9)15)14-4-3-7(6-14)11(13)16/h1-2,5,7,15H,3-4,6H2,(H2,13,16). The van der Waals surface area contributed by atoms with Crippen molar-refractivity contribution in [3.05, 3.63) is 23.2 Å². The smallest absolute Gasteiger partial charge is 0.222 e. The van der Waals surface area contributed by atoms with Crippen LogP contribution in [0.2, 0.25) is 5.02 Å². The number of anilines is 1. The summed E-state index contributed by atoms with van der Waals surface area (Å²) < 4.78 is 0. The van der Waals surface area contributed by atoms with E-state index >= 15 is 0 Å². The zero-order valence-corrected chi connectivity index (χ0v) is 9.44. The number of hydrogen-bond acceptors (Lipinski definition) is 3. The third-order valence-electron chi connectivity index (χ3n) is 2.89. The van der Waals surface area contributed by atoms with Crippen LogP contribution in [0, 0.1) is 5.92 Å². The SMILES string of the molecule is NC(=O)C1CCN(c2ccc(Cl)c(O)c2)C1. The molecule has 1 heterocycles. The lowest BCUT2D eigenvalue weighted by Crippen LogP contribution is -2.27. The van der Waals surface area contributed by atoms with Crippen LogP contribution in [0.5, 0.6) is 5.75 Å². The second-order valence-electron chi connectivity index (χ2n) is 3.97. The molecule has 0 aromatic heterocycles. The van der Waals surface area contributed by atoms with Crippen LogP contribution in [0.1, 0.15) is 6.42 Å². The van der Waals surface area contributed by atoms with Gasteiger partial charge in [0.1, 0.15) is 5.75 Å². The van der Waals surface area contributed by atoms with E-state index in [0.29, 0.717) is 11.6 Å². The van der Waals surface area contributed by atoms with Crippen molar-refractivity contribution in [3.63, 3.8) is 0 Å². The lowest BCUT2D eigenvalue weighted by atomic mass is 10.1. The Labute approximate surface area is 98.6 Å². The van der Waals surface area contributed by atoms with Crippen molar-refractivity contribution < 1.29 is 9.90 Å². The Balaban J connectivity index is 2.14. The van der Waals surface area contributed by atoms with Crippen molar-refractivity contribution in [2.75, 3.05) is 18.0 Å². The maximum absolute atomic E-state index is 11.0. The fourth-order valence-electron chi connectivity index (χ4n) is 1.92. The second-order valence-corrected chi connectivity index (χ2v) is 4.38. The Morgan fingerprint density at radius 2 is 2.31 bits per heavy atom. The molecular formula is C11H13ClN2O2. The van der Waals surface area contributed by atoms with E-state index in [-0.39, 0.29) is 17.6 Å². The quantitative estimate of drug-likeness (QED) is 0.820. The van der Waals surface area contributed by atoms with Gasteiger partial charge in [0.25, 0.3) is 0 Å². The molecule has 0 aliphatic carbocycles. The van der Waals surface area contributed by atoms with Crippen molar-refractivity contribution >= 4 is 23.2 Å². The molecule has 1 aliphatic heterocycles. The van der Waals surface area contributed by atoms with E-state index < -0.39 is 0 Å². The van der Waals surface area contributed by atoms with Crippen molar-refractivity contribution in [1.29, 1.82) is 0 Å². The number of carbonyl (C=O) groups is 1. The van der Waals surface area contributed by atoms with Gasteiger partial charge in [0, 0.05) is 24.8 Å². The monoisotopic (exact) mass is 240 g/mol. The Bertz CT molecular complexity index is 422. The molecule has 5 heteroatoms. The normalized spacial score (nSPS) is 20.1. The largest absolute Gasteiger partial charge is 0.506 e. The summed E-state index contributed by atoms with van der Waals surface area (Å²) in [6.07, 6.45) is 0.763. The first-order chi connectivity index (χ1) is 7.58. The van der Waals surface area contributed by atoms with Gasteiger partial charge in [0.05, 0.1) is 10.9 Å². The lowest BCUT2D eigenvalue weighted by Gasteiger charge is -2.18. The van der Waals surface area contributed by atoms with Crippen LogP contribution in [0.3, 0.4) is 0 Å². The highest BCUT2D eigenvalue weighted by Gasteiger charge is 2.26. The van der Waals surface area contributed by atoms with E-state index in [1.807, 2.05) is 11.0 Å². The Hall–Kier alpha value is -1.42. The molecule has 0 bridgehead atoms. The summed E-state index contributed by atoms with van der Waals surface area (Å²) in [6.45, 7) is 1.38. The molecule has 1 saturated heterocycles. The molecule has 1 aromatic carbocycles. The van der Waals surface area contributed by atoms with E-state index in [1.165, 1.54) is 0 Å². The van der Waals surface area contributed by atoms with Crippen LogP contribution in [0.15, 0.2) is 18.2 Å². The first kappa shape index (κ1) is 11.1. The number of phenols is 1. The minimum Gasteiger partial charge on any atom is -0.506 e. The van der Waals surface area contributed by atoms with Crippen molar-refractivity contribution in [3.8, 4) is 5.75 Å². The lowest BCUT2D eigenvalue weighted by molar-refractivity contribution is -0.121. The van der Waals surface area contributed by atoms with Gasteiger partial charge in [0.2, 0.25) is 5.91 Å². The average molecular weight is 241 g/mol. The van der Waals surface area contributed by atoms with E-state index in [9.17, 15) is 9.90 Å². The number of rotatable bonds is 2. The maximum Gasteiger partial charge on any atom is 0.222 e. The molecular weight excluding hydrogens is 228 g/mol. The summed E-state index contributed by atoms with van der Waals surface area (Å²) in [4.78, 5) is 13.0. The number of phenolic OH excluding ortho intramolecular Hbond substituents is 1. The van der Waals surface area contributed by atoms with Crippen LogP contribution in [-0.2, 0) is 4.79 Å². The molecule has 2 rings (SSSR count). The van der Waals surface area contributed by atoms with Crippen molar-refractivity contribution in [2.24, 2.45) is 11.7 Å². The van der Waals surface area contributed by atoms with Gasteiger partial charge in [-0.2, -0.15) is 0 Å². The molecule has 0 radical (unpaired) electrons. The number of primary amides is 1. The molecule has 16 heavy (non-hydrogen) atoms. The van der Waals surface area contributed by atoms with E-state index in [4.69, 9.17) is 17.3 Å². The molecule has 86 valence electrons. The van der Waals surface area contributed by atoms with Gasteiger partial charge in [-0.3, -0.25) is 4.79 Å². The van der Waals surface area contributed by atoms with Gasteiger partial charge in [0.15, 0.2) is 0 Å². The summed E-state index contributed by atoms with van der Waals surface area (Å²) in [6, 6.07) is 5.07. The van der Waals surface area contributed by atoms with Crippen LogP contribution >= 0.6 is 11.6 Å². The highest BCUT2D eigenvalue weighted by atomic mass is 35.5. The third kappa shape index (κ3) is 2.07. The highest BCUT2D eigenvalue weighted by molar-refractivity contribution is 6.32. The van der Waals surface area contributed by atoms with Crippen LogP contribution in [0.25, 0.3) is 0 Å². The summed E-state index contributed by atoms with van der Waals surface area (Å²) >= 11 is 5.72. The molecule has 1 atom stereocenters. The van der Waals surface area contributed by atoms with Crippen LogP contribution in [0.4, 0.5) is 5.69 Å². The Kier molecular flexibility index (Phi) is 2.92. The Morgan fingerprint density at radius 1 is 1.56 bits per heavy atom. The topological polar surface area (TPSA) is 66.6 Å². The molecule has 0 saturated carbocycles. The van der Waals surface area contributed by atoms with E-state index in [1.54, 1.807) is 12.1 Å². The minimum absolute atomic E-state index is 0.0571. The Morgan fingerprint density at radius 3 is 2.88 bits per heavy atom. The molecule has 1 amide bonds. The van der Waals surface area contributed by atoms with Gasteiger partial charge in [-0.15, -0.1) is 0 Å². The predicted molar refractivity (Wildman–Crippen MR) is 62.6 cm³/mol. The summed E-state index contributed by atoms with van der Waals surface area (Å²) in [5.74, 6) is -0.305. The molecule has 1 aliphatic rings. The summed E-state index contributed by atoms with van der Waals surface area (Å²) in [5.41, 5.74) is 6.12. The molecule has 1 aromatic rings. The number of aromatic hydroxyl groups is 1. The molecule has 0 spiro atoms. The molecule has 1 fully saturated rings. The van der Waals surface area contributed by atoms with Gasteiger partial charge >= 0.3 is 0 Å². The maximum atomic E-state index is 11.0. The summed E-state index contributed by atoms with van der Waals surface area (Å²) in [5, 5.41) is 9.81. The zero-order chi connectivity index (χ0) is 11.7. The van der Waals surface area contributed by atoms with Crippen LogP contribution in [-0.4, -0.2) is 24.1 Å². The van der Waals surface area contributed by atoms with Crippen molar-refractivity contribution in [1.82, 2.24) is 0 Å². The molecule has 4 nitrogen and oxygen atoms in total. The van der Waals surface area contributed by atoms with Gasteiger partial charge in [-0.1, -0.05) is 11.6 Å². The number of benzene rings is 1. The van der Waals surface area contributed by atoms with Crippen molar-refractivity contribution in [2.45, 2.75) is 6.42 Å². The number of carbonyl (C=O) groups excluding carboxylic acids is 1. The minimum atomic E-state index is -0.263. The third-order valence-corrected chi connectivity index (χ3v) is 3.21. The zero-order valence-electron chi connectivity index (χ0n) is 8.69. The van der Waals surface area contributed by atoms with Crippen LogP contribution < -0.4 is 10.6 Å². The van der Waals surface area contributed by atoms with Gasteiger partial charge in [-0.25, -0.2) is 0 Å². The van der Waals surface area contributed by atoms with E-state index in [0.717, 1.165) is 18.7 Å². The van der Waals surface area contributed by atoms with Gasteiger partial charge < -0.3 is 15.7 Å². The van der Waals surface area contributed by atoms with E-state index in [2.05, 4.69) is 0 Å². The number of nitrogens with zero attached hydrogens (tertiary/aromatic N) is 1. The van der Waals surface area contributed by atoms with Gasteiger partial charge in [-0.05, 0) is 18.6 Å². The fraction of sp³-hybridized carbons (Fsp3) is 0.364. The fourth-order valence-corrected chi connectivity index (χ4v) is 2.04. The first-order valence-electron chi connectivity index (χ1n) is 5.10. The average Bonchev–Trinajstić information content (AvgIpc) is 2.71. The predicted octanol–water partition coefficient (Wildman–Crippen LogP) is 1.36.